The molecule has 1 amide bonds. The van der Waals surface area contributed by atoms with E-state index in [1.807, 2.05) is 36.4 Å². The maximum absolute atomic E-state index is 12.4. The summed E-state index contributed by atoms with van der Waals surface area (Å²) >= 11 is 0. The third-order valence-corrected chi connectivity index (χ3v) is 4.40. The number of rotatable bonds is 7. The smallest absolute Gasteiger partial charge is 0.251 e. The van der Waals surface area contributed by atoms with Crippen LogP contribution in [0.2, 0.25) is 0 Å². The molecular formula is C22H22N2O4. The van der Waals surface area contributed by atoms with Crippen molar-refractivity contribution >= 4 is 5.91 Å². The molecule has 3 aromatic rings. The predicted octanol–water partition coefficient (Wildman–Crippen LogP) is 2.87. The van der Waals surface area contributed by atoms with Crippen LogP contribution in [0.5, 0.6) is 11.5 Å². The third-order valence-electron chi connectivity index (χ3n) is 4.40. The van der Waals surface area contributed by atoms with Gasteiger partial charge in [-0.15, -0.1) is 0 Å². The molecule has 6 nitrogen and oxygen atoms in total. The number of aromatic nitrogens is 1. The lowest BCUT2D eigenvalue weighted by Crippen LogP contribution is -2.28. The standard InChI is InChI=1S/C22H22N2O4/c1-16-21(26)20(25)10-12-24(16)13-11-23-22(27)18-8-5-9-19(14-18)28-15-17-6-3-2-4-7-17/h2-10,12,14,26H,11,13,15H2,1H3,(H,23,27). The van der Waals surface area contributed by atoms with Crippen molar-refractivity contribution in [2.45, 2.75) is 20.1 Å². The Morgan fingerprint density at radius 2 is 1.89 bits per heavy atom. The third kappa shape index (κ3) is 4.79. The lowest BCUT2D eigenvalue weighted by Gasteiger charge is -2.12. The second kappa shape index (κ2) is 8.90. The maximum Gasteiger partial charge on any atom is 0.251 e. The van der Waals surface area contributed by atoms with Crippen LogP contribution in [0.3, 0.4) is 0 Å². The number of benzene rings is 2. The summed E-state index contributed by atoms with van der Waals surface area (Å²) in [5, 5.41) is 12.5. The summed E-state index contributed by atoms with van der Waals surface area (Å²) in [6, 6.07) is 18.1. The predicted molar refractivity (Wildman–Crippen MR) is 107 cm³/mol. The minimum absolute atomic E-state index is 0.215. The summed E-state index contributed by atoms with van der Waals surface area (Å²) < 4.78 is 7.47. The number of amides is 1. The second-order valence-electron chi connectivity index (χ2n) is 6.37. The molecule has 1 aromatic heterocycles. The van der Waals surface area contributed by atoms with E-state index in [9.17, 15) is 14.7 Å². The number of hydrogen-bond acceptors (Lipinski definition) is 4. The van der Waals surface area contributed by atoms with E-state index in [0.717, 1.165) is 5.56 Å². The van der Waals surface area contributed by atoms with Gasteiger partial charge < -0.3 is 19.7 Å². The van der Waals surface area contributed by atoms with E-state index in [1.165, 1.54) is 6.07 Å². The summed E-state index contributed by atoms with van der Waals surface area (Å²) in [5.41, 5.74) is 1.62. The molecule has 0 radical (unpaired) electrons. The van der Waals surface area contributed by atoms with Gasteiger partial charge in [-0.2, -0.15) is 0 Å². The van der Waals surface area contributed by atoms with Crippen molar-refractivity contribution in [2.75, 3.05) is 6.54 Å². The molecule has 0 fully saturated rings. The summed E-state index contributed by atoms with van der Waals surface area (Å²) in [7, 11) is 0. The van der Waals surface area contributed by atoms with Crippen LogP contribution in [0, 0.1) is 6.92 Å². The highest BCUT2D eigenvalue weighted by Gasteiger charge is 2.08. The molecule has 0 spiro atoms. The normalized spacial score (nSPS) is 10.5. The van der Waals surface area contributed by atoms with Gasteiger partial charge in [-0.25, -0.2) is 0 Å². The van der Waals surface area contributed by atoms with E-state index < -0.39 is 5.43 Å². The van der Waals surface area contributed by atoms with Crippen LogP contribution < -0.4 is 15.5 Å². The van der Waals surface area contributed by atoms with Gasteiger partial charge in [-0.05, 0) is 30.7 Å². The summed E-state index contributed by atoms with van der Waals surface area (Å²) in [5.74, 6) is 0.142. The van der Waals surface area contributed by atoms with Crippen molar-refractivity contribution in [2.24, 2.45) is 0 Å². The minimum Gasteiger partial charge on any atom is -0.503 e. The van der Waals surface area contributed by atoms with Crippen molar-refractivity contribution in [3.63, 3.8) is 0 Å². The van der Waals surface area contributed by atoms with Gasteiger partial charge in [0, 0.05) is 30.9 Å². The summed E-state index contributed by atoms with van der Waals surface area (Å²) in [4.78, 5) is 23.8. The number of carbonyl (C=O) groups excluding carboxylic acids is 1. The van der Waals surface area contributed by atoms with Crippen molar-refractivity contribution in [3.8, 4) is 11.5 Å². The van der Waals surface area contributed by atoms with Gasteiger partial charge in [0.1, 0.15) is 12.4 Å². The molecule has 0 atom stereocenters. The van der Waals surface area contributed by atoms with Crippen LogP contribution in [-0.2, 0) is 13.2 Å². The van der Waals surface area contributed by atoms with Crippen molar-refractivity contribution < 1.29 is 14.6 Å². The van der Waals surface area contributed by atoms with Gasteiger partial charge in [0.15, 0.2) is 5.75 Å². The average Bonchev–Trinajstić information content (AvgIpc) is 2.73. The van der Waals surface area contributed by atoms with Gasteiger partial charge >= 0.3 is 0 Å². The SMILES string of the molecule is Cc1c(O)c(=O)ccn1CCNC(=O)c1cccc(OCc2ccccc2)c1. The molecular weight excluding hydrogens is 356 g/mol. The van der Waals surface area contributed by atoms with E-state index in [1.54, 1.807) is 35.9 Å². The Bertz CT molecular complexity index is 1010. The minimum atomic E-state index is -0.412. The molecule has 28 heavy (non-hydrogen) atoms. The van der Waals surface area contributed by atoms with E-state index in [-0.39, 0.29) is 11.7 Å². The Morgan fingerprint density at radius 3 is 2.68 bits per heavy atom. The lowest BCUT2D eigenvalue weighted by molar-refractivity contribution is 0.0951. The number of carbonyl (C=O) groups is 1. The number of ether oxygens (including phenoxy) is 1. The molecule has 0 bridgehead atoms. The molecule has 0 unspecified atom stereocenters. The van der Waals surface area contributed by atoms with Crippen LogP contribution in [0.4, 0.5) is 0 Å². The van der Waals surface area contributed by atoms with Crippen LogP contribution in [-0.4, -0.2) is 22.1 Å². The van der Waals surface area contributed by atoms with Crippen LogP contribution >= 0.6 is 0 Å². The van der Waals surface area contributed by atoms with Crippen LogP contribution in [0.1, 0.15) is 21.6 Å². The van der Waals surface area contributed by atoms with E-state index in [0.29, 0.717) is 36.7 Å². The van der Waals surface area contributed by atoms with Gasteiger partial charge in [-0.1, -0.05) is 36.4 Å². The molecule has 0 saturated heterocycles. The fraction of sp³-hybridized carbons (Fsp3) is 0.182. The maximum atomic E-state index is 12.4. The molecule has 0 aliphatic heterocycles. The van der Waals surface area contributed by atoms with Crippen molar-refractivity contribution in [1.82, 2.24) is 9.88 Å². The Kier molecular flexibility index (Phi) is 6.11. The van der Waals surface area contributed by atoms with Gasteiger partial charge in [-0.3, -0.25) is 9.59 Å². The highest BCUT2D eigenvalue weighted by Crippen LogP contribution is 2.15. The molecule has 6 heteroatoms. The van der Waals surface area contributed by atoms with E-state index >= 15 is 0 Å². The van der Waals surface area contributed by atoms with Crippen molar-refractivity contribution in [3.05, 3.63) is 93.9 Å². The molecule has 2 aromatic carbocycles. The Hall–Kier alpha value is -3.54. The number of aromatic hydroxyl groups is 1. The molecule has 1 heterocycles. The van der Waals surface area contributed by atoms with Gasteiger partial charge in [0.05, 0.1) is 5.69 Å². The van der Waals surface area contributed by atoms with Crippen LogP contribution in [0.15, 0.2) is 71.7 Å². The Balaban J connectivity index is 1.56. The van der Waals surface area contributed by atoms with Crippen molar-refractivity contribution in [1.29, 1.82) is 0 Å². The zero-order valence-electron chi connectivity index (χ0n) is 15.6. The number of pyridine rings is 1. The zero-order valence-corrected chi connectivity index (χ0v) is 15.6. The van der Waals surface area contributed by atoms with Crippen LogP contribution in [0.25, 0.3) is 0 Å². The van der Waals surface area contributed by atoms with Gasteiger partial charge in [0.2, 0.25) is 5.43 Å². The number of nitrogens with zero attached hydrogens (tertiary/aromatic N) is 1. The Labute approximate surface area is 163 Å². The van der Waals surface area contributed by atoms with E-state index in [2.05, 4.69) is 5.32 Å². The quantitative estimate of drug-likeness (QED) is 0.662. The highest BCUT2D eigenvalue weighted by molar-refractivity contribution is 5.94. The van der Waals surface area contributed by atoms with E-state index in [4.69, 9.17) is 4.74 Å². The fourth-order valence-corrected chi connectivity index (χ4v) is 2.76. The second-order valence-corrected chi connectivity index (χ2v) is 6.37. The molecule has 0 saturated carbocycles. The first-order valence-electron chi connectivity index (χ1n) is 8.98. The first-order valence-corrected chi connectivity index (χ1v) is 8.98. The highest BCUT2D eigenvalue weighted by atomic mass is 16.5. The Morgan fingerprint density at radius 1 is 1.11 bits per heavy atom. The molecule has 0 aliphatic carbocycles. The summed E-state index contributed by atoms with van der Waals surface area (Å²) in [6.45, 7) is 2.89. The first-order chi connectivity index (χ1) is 13.5. The largest absolute Gasteiger partial charge is 0.503 e. The lowest BCUT2D eigenvalue weighted by atomic mass is 10.2. The topological polar surface area (TPSA) is 80.6 Å². The molecule has 144 valence electrons. The first kappa shape index (κ1) is 19.2. The monoisotopic (exact) mass is 378 g/mol. The number of hydrogen-bond donors (Lipinski definition) is 2. The van der Waals surface area contributed by atoms with Gasteiger partial charge in [0.25, 0.3) is 5.91 Å². The number of nitrogens with one attached hydrogen (secondary N) is 1. The fourth-order valence-electron chi connectivity index (χ4n) is 2.76. The molecule has 3 rings (SSSR count). The molecule has 0 aliphatic rings. The molecule has 2 N–H and O–H groups in total. The average molecular weight is 378 g/mol. The zero-order chi connectivity index (χ0) is 19.9. The summed E-state index contributed by atoms with van der Waals surface area (Å²) in [6.07, 6.45) is 1.60.